The van der Waals surface area contributed by atoms with E-state index in [-0.39, 0.29) is 17.8 Å². The zero-order valence-corrected chi connectivity index (χ0v) is 12.8. The summed E-state index contributed by atoms with van der Waals surface area (Å²) in [4.78, 5) is 16.3. The van der Waals surface area contributed by atoms with E-state index in [1.54, 1.807) is 36.5 Å². The van der Waals surface area contributed by atoms with Gasteiger partial charge in [0.15, 0.2) is 0 Å². The van der Waals surface area contributed by atoms with Gasteiger partial charge >= 0.3 is 0 Å². The van der Waals surface area contributed by atoms with Gasteiger partial charge in [0.05, 0.1) is 5.56 Å². The zero-order chi connectivity index (χ0) is 15.2. The predicted molar refractivity (Wildman–Crippen MR) is 82.8 cm³/mol. The predicted octanol–water partition coefficient (Wildman–Crippen LogP) is 3.65. The molecule has 5 heteroatoms. The first-order chi connectivity index (χ1) is 10.1. The van der Waals surface area contributed by atoms with E-state index in [2.05, 4.69) is 10.3 Å². The largest absolute Gasteiger partial charge is 0.350 e. The van der Waals surface area contributed by atoms with Gasteiger partial charge in [0, 0.05) is 18.0 Å². The molecule has 2 rings (SSSR count). The van der Waals surface area contributed by atoms with E-state index in [1.165, 1.54) is 17.8 Å². The maximum Gasteiger partial charge on any atom is 0.254 e. The molecule has 0 saturated carbocycles. The molecule has 1 heterocycles. The third kappa shape index (κ3) is 4.29. The van der Waals surface area contributed by atoms with Crippen LogP contribution in [0.3, 0.4) is 0 Å². The summed E-state index contributed by atoms with van der Waals surface area (Å²) < 4.78 is 13.6. The molecule has 0 fully saturated rings. The minimum atomic E-state index is -0.242. The number of aromatic nitrogens is 1. The molecule has 0 aliphatic rings. The maximum absolute atomic E-state index is 13.6. The molecule has 0 radical (unpaired) electrons. The van der Waals surface area contributed by atoms with Gasteiger partial charge in [0.2, 0.25) is 0 Å². The summed E-state index contributed by atoms with van der Waals surface area (Å²) in [6, 6.07) is 10.1. The summed E-state index contributed by atoms with van der Waals surface area (Å²) in [5.41, 5.74) is 1.12. The molecule has 1 aromatic carbocycles. The van der Waals surface area contributed by atoms with E-state index >= 15 is 0 Å². The van der Waals surface area contributed by atoms with Crippen molar-refractivity contribution in [3.63, 3.8) is 0 Å². The third-order valence-corrected chi connectivity index (χ3v) is 3.81. The molecule has 0 saturated heterocycles. The molecule has 2 aromatic rings. The number of rotatable bonds is 5. The molecule has 0 atom stereocenters. The minimum absolute atomic E-state index is 0.0575. The molecule has 0 aliphatic carbocycles. The molecule has 0 bridgehead atoms. The normalized spacial score (nSPS) is 10.7. The lowest BCUT2D eigenvalue weighted by atomic mass is 10.2. The second-order valence-corrected chi connectivity index (χ2v) is 5.83. The smallest absolute Gasteiger partial charge is 0.254 e. The van der Waals surface area contributed by atoms with Crippen LogP contribution < -0.4 is 5.32 Å². The molecule has 1 aromatic heterocycles. The van der Waals surface area contributed by atoms with Gasteiger partial charge in [-0.3, -0.25) is 4.79 Å². The summed E-state index contributed by atoms with van der Waals surface area (Å²) in [7, 11) is 0. The SMILES string of the molecule is CC(C)NC(=O)c1cccnc1SCc1ccccc1F. The van der Waals surface area contributed by atoms with Crippen LogP contribution >= 0.6 is 11.8 Å². The molecule has 1 N–H and O–H groups in total. The van der Waals surface area contributed by atoms with E-state index in [0.717, 1.165) is 0 Å². The number of thioether (sulfide) groups is 1. The summed E-state index contributed by atoms with van der Waals surface area (Å²) in [6.45, 7) is 3.81. The molecule has 0 unspecified atom stereocenters. The average Bonchev–Trinajstić information content (AvgIpc) is 2.46. The van der Waals surface area contributed by atoms with Crippen molar-refractivity contribution in [2.45, 2.75) is 30.7 Å². The highest BCUT2D eigenvalue weighted by Crippen LogP contribution is 2.25. The Morgan fingerprint density at radius 2 is 2.05 bits per heavy atom. The Labute approximate surface area is 128 Å². The molecule has 1 amide bonds. The first kappa shape index (κ1) is 15.5. The van der Waals surface area contributed by atoms with Crippen LogP contribution in [0.4, 0.5) is 4.39 Å². The Bertz CT molecular complexity index is 631. The quantitative estimate of drug-likeness (QED) is 0.857. The highest BCUT2D eigenvalue weighted by molar-refractivity contribution is 7.98. The van der Waals surface area contributed by atoms with E-state index in [1.807, 2.05) is 13.8 Å². The topological polar surface area (TPSA) is 42.0 Å². The number of carbonyl (C=O) groups excluding carboxylic acids is 1. The number of amides is 1. The van der Waals surface area contributed by atoms with Crippen molar-refractivity contribution < 1.29 is 9.18 Å². The second-order valence-electron chi connectivity index (χ2n) is 4.86. The van der Waals surface area contributed by atoms with E-state index in [0.29, 0.717) is 21.9 Å². The van der Waals surface area contributed by atoms with Crippen LogP contribution in [-0.2, 0) is 5.75 Å². The Balaban J connectivity index is 2.14. The molecule has 3 nitrogen and oxygen atoms in total. The summed E-state index contributed by atoms with van der Waals surface area (Å²) >= 11 is 1.36. The Hall–Kier alpha value is -1.88. The standard InChI is InChI=1S/C16H17FN2OS/c1-11(2)19-15(20)13-7-5-9-18-16(13)21-10-12-6-3-4-8-14(12)17/h3-9,11H,10H2,1-2H3,(H,19,20). The minimum Gasteiger partial charge on any atom is -0.350 e. The number of halogens is 1. The van der Waals surface area contributed by atoms with E-state index in [9.17, 15) is 9.18 Å². The molecule has 110 valence electrons. The Morgan fingerprint density at radius 1 is 1.29 bits per heavy atom. The maximum atomic E-state index is 13.6. The van der Waals surface area contributed by atoms with Crippen LogP contribution in [0.1, 0.15) is 29.8 Å². The molecule has 0 spiro atoms. The number of hydrogen-bond acceptors (Lipinski definition) is 3. The van der Waals surface area contributed by atoms with Crippen LogP contribution in [0.5, 0.6) is 0 Å². The van der Waals surface area contributed by atoms with Crippen LogP contribution in [0.2, 0.25) is 0 Å². The van der Waals surface area contributed by atoms with E-state index < -0.39 is 0 Å². The van der Waals surface area contributed by atoms with Crippen LogP contribution in [-0.4, -0.2) is 16.9 Å². The lowest BCUT2D eigenvalue weighted by Crippen LogP contribution is -2.30. The fourth-order valence-electron chi connectivity index (χ4n) is 1.78. The lowest BCUT2D eigenvalue weighted by Gasteiger charge is -2.11. The Morgan fingerprint density at radius 3 is 2.76 bits per heavy atom. The summed E-state index contributed by atoms with van der Waals surface area (Å²) in [5, 5.41) is 3.45. The molecule has 0 aliphatic heterocycles. The number of carbonyl (C=O) groups is 1. The first-order valence-electron chi connectivity index (χ1n) is 6.70. The van der Waals surface area contributed by atoms with Gasteiger partial charge in [-0.15, -0.1) is 11.8 Å². The molecular weight excluding hydrogens is 287 g/mol. The van der Waals surface area contributed by atoms with Crippen molar-refractivity contribution in [1.29, 1.82) is 0 Å². The fourth-order valence-corrected chi connectivity index (χ4v) is 2.76. The van der Waals surface area contributed by atoms with Gasteiger partial charge in [0.1, 0.15) is 10.8 Å². The number of pyridine rings is 1. The van der Waals surface area contributed by atoms with Crippen molar-refractivity contribution in [1.82, 2.24) is 10.3 Å². The van der Waals surface area contributed by atoms with Crippen LogP contribution in [0.25, 0.3) is 0 Å². The van der Waals surface area contributed by atoms with Gasteiger partial charge in [-0.25, -0.2) is 9.37 Å². The van der Waals surface area contributed by atoms with Crippen molar-refractivity contribution >= 4 is 17.7 Å². The van der Waals surface area contributed by atoms with Gasteiger partial charge in [-0.1, -0.05) is 18.2 Å². The van der Waals surface area contributed by atoms with Crippen LogP contribution in [0, 0.1) is 5.82 Å². The highest BCUT2D eigenvalue weighted by atomic mass is 32.2. The summed E-state index contributed by atoms with van der Waals surface area (Å²) in [5.74, 6) is 0.0364. The van der Waals surface area contributed by atoms with Gasteiger partial charge in [-0.2, -0.15) is 0 Å². The lowest BCUT2D eigenvalue weighted by molar-refractivity contribution is 0.0939. The number of benzene rings is 1. The van der Waals surface area contributed by atoms with Gasteiger partial charge < -0.3 is 5.32 Å². The van der Waals surface area contributed by atoms with Gasteiger partial charge in [-0.05, 0) is 37.6 Å². The summed E-state index contributed by atoms with van der Waals surface area (Å²) in [6.07, 6.45) is 1.63. The monoisotopic (exact) mass is 304 g/mol. The Kier molecular flexibility index (Phi) is 5.33. The van der Waals surface area contributed by atoms with Crippen molar-refractivity contribution in [2.75, 3.05) is 0 Å². The number of hydrogen-bond donors (Lipinski definition) is 1. The molecular formula is C16H17FN2OS. The average molecular weight is 304 g/mol. The fraction of sp³-hybridized carbons (Fsp3) is 0.250. The van der Waals surface area contributed by atoms with Crippen molar-refractivity contribution in [2.24, 2.45) is 0 Å². The highest BCUT2D eigenvalue weighted by Gasteiger charge is 2.14. The zero-order valence-electron chi connectivity index (χ0n) is 12.0. The van der Waals surface area contributed by atoms with Crippen molar-refractivity contribution in [3.05, 3.63) is 59.5 Å². The molecule has 21 heavy (non-hydrogen) atoms. The first-order valence-corrected chi connectivity index (χ1v) is 7.68. The third-order valence-electron chi connectivity index (χ3n) is 2.76. The second kappa shape index (κ2) is 7.22. The van der Waals surface area contributed by atoms with Gasteiger partial charge in [0.25, 0.3) is 5.91 Å². The van der Waals surface area contributed by atoms with E-state index in [4.69, 9.17) is 0 Å². The number of nitrogens with zero attached hydrogens (tertiary/aromatic N) is 1. The van der Waals surface area contributed by atoms with Crippen molar-refractivity contribution in [3.8, 4) is 0 Å². The van der Waals surface area contributed by atoms with Crippen LogP contribution in [0.15, 0.2) is 47.6 Å². The number of nitrogens with one attached hydrogen (secondary N) is 1.